The molecule has 0 aliphatic carbocycles. The average molecular weight is 264 g/mol. The van der Waals surface area contributed by atoms with Gasteiger partial charge in [-0.15, -0.1) is 0 Å². The molecule has 0 radical (unpaired) electrons. The Morgan fingerprint density at radius 2 is 1.83 bits per heavy atom. The van der Waals surface area contributed by atoms with Crippen molar-refractivity contribution in [2.75, 3.05) is 6.61 Å². The van der Waals surface area contributed by atoms with E-state index in [-0.39, 0.29) is 5.56 Å². The molecular formula is C10H8F4N2O2. The third kappa shape index (κ3) is 4.04. The van der Waals surface area contributed by atoms with Crippen LogP contribution in [0.15, 0.2) is 29.4 Å². The minimum Gasteiger partial charge on any atom is -0.385 e. The molecular weight excluding hydrogens is 256 g/mol. The third-order valence-corrected chi connectivity index (χ3v) is 1.75. The molecule has 98 valence electrons. The van der Waals surface area contributed by atoms with Gasteiger partial charge in [-0.1, -0.05) is 5.16 Å². The smallest absolute Gasteiger partial charge is 0.385 e. The SMILES string of the molecule is NC(=O)CON=C(c1ccc(F)cc1)C(F)(F)F. The van der Waals surface area contributed by atoms with Gasteiger partial charge in [0.1, 0.15) is 5.82 Å². The molecule has 0 bridgehead atoms. The first-order valence-corrected chi connectivity index (χ1v) is 4.62. The Balaban J connectivity index is 2.99. The van der Waals surface area contributed by atoms with E-state index in [0.717, 1.165) is 24.3 Å². The summed E-state index contributed by atoms with van der Waals surface area (Å²) in [5.74, 6) is -1.64. The van der Waals surface area contributed by atoms with Crippen LogP contribution in [0, 0.1) is 5.82 Å². The molecule has 0 saturated carbocycles. The van der Waals surface area contributed by atoms with Gasteiger partial charge in [-0.25, -0.2) is 4.39 Å². The first-order valence-electron chi connectivity index (χ1n) is 4.62. The van der Waals surface area contributed by atoms with Gasteiger partial charge in [0.25, 0.3) is 5.91 Å². The minimum atomic E-state index is -4.80. The van der Waals surface area contributed by atoms with Crippen molar-refractivity contribution >= 4 is 11.6 Å². The molecule has 0 aromatic heterocycles. The first-order chi connectivity index (χ1) is 8.30. The van der Waals surface area contributed by atoms with Crippen LogP contribution in [0.5, 0.6) is 0 Å². The molecule has 0 aliphatic heterocycles. The Morgan fingerprint density at radius 1 is 1.28 bits per heavy atom. The van der Waals surface area contributed by atoms with Crippen LogP contribution in [0.1, 0.15) is 5.56 Å². The van der Waals surface area contributed by atoms with Crippen LogP contribution < -0.4 is 5.73 Å². The van der Waals surface area contributed by atoms with E-state index in [2.05, 4.69) is 15.7 Å². The Labute approximate surface area is 99.0 Å². The lowest BCUT2D eigenvalue weighted by Gasteiger charge is -2.09. The Hall–Kier alpha value is -2.12. The summed E-state index contributed by atoms with van der Waals surface area (Å²) < 4.78 is 50.4. The van der Waals surface area contributed by atoms with Gasteiger partial charge in [0.15, 0.2) is 12.3 Å². The molecule has 0 saturated heterocycles. The number of carbonyl (C=O) groups excluding carboxylic acids is 1. The largest absolute Gasteiger partial charge is 0.437 e. The topological polar surface area (TPSA) is 64.7 Å². The minimum absolute atomic E-state index is 0.381. The number of amides is 1. The fraction of sp³-hybridized carbons (Fsp3) is 0.200. The molecule has 2 N–H and O–H groups in total. The third-order valence-electron chi connectivity index (χ3n) is 1.75. The van der Waals surface area contributed by atoms with Crippen LogP contribution >= 0.6 is 0 Å². The van der Waals surface area contributed by atoms with E-state index >= 15 is 0 Å². The predicted octanol–water partition coefficient (Wildman–Crippen LogP) is 1.59. The number of benzene rings is 1. The van der Waals surface area contributed by atoms with Gasteiger partial charge in [0.05, 0.1) is 0 Å². The molecule has 1 rings (SSSR count). The maximum absolute atomic E-state index is 12.6. The zero-order chi connectivity index (χ0) is 13.8. The van der Waals surface area contributed by atoms with Crippen LogP contribution in [0.25, 0.3) is 0 Å². The Morgan fingerprint density at radius 3 is 2.28 bits per heavy atom. The summed E-state index contributed by atoms with van der Waals surface area (Å²) >= 11 is 0. The van der Waals surface area contributed by atoms with Crippen molar-refractivity contribution < 1.29 is 27.2 Å². The second kappa shape index (κ2) is 5.48. The summed E-state index contributed by atoms with van der Waals surface area (Å²) in [4.78, 5) is 14.5. The van der Waals surface area contributed by atoms with Gasteiger partial charge in [0, 0.05) is 5.56 Å². The number of halogens is 4. The van der Waals surface area contributed by atoms with Crippen LogP contribution in [0.3, 0.4) is 0 Å². The summed E-state index contributed by atoms with van der Waals surface area (Å²) in [5.41, 5.74) is 2.93. The molecule has 0 aliphatic rings. The molecule has 0 fully saturated rings. The van der Waals surface area contributed by atoms with Crippen molar-refractivity contribution in [3.63, 3.8) is 0 Å². The van der Waals surface area contributed by atoms with E-state index in [4.69, 9.17) is 0 Å². The van der Waals surface area contributed by atoms with Crippen molar-refractivity contribution in [2.24, 2.45) is 10.9 Å². The lowest BCUT2D eigenvalue weighted by molar-refractivity contribution is -0.122. The lowest BCUT2D eigenvalue weighted by Crippen LogP contribution is -2.25. The van der Waals surface area contributed by atoms with Crippen molar-refractivity contribution in [3.05, 3.63) is 35.6 Å². The number of rotatable bonds is 4. The second-order valence-electron chi connectivity index (χ2n) is 3.18. The van der Waals surface area contributed by atoms with Crippen molar-refractivity contribution in [1.29, 1.82) is 0 Å². The highest BCUT2D eigenvalue weighted by molar-refractivity contribution is 6.04. The maximum atomic E-state index is 12.6. The van der Waals surface area contributed by atoms with Crippen LogP contribution in [-0.2, 0) is 9.63 Å². The molecule has 4 nitrogen and oxygen atoms in total. The molecule has 0 atom stereocenters. The van der Waals surface area contributed by atoms with Gasteiger partial charge < -0.3 is 10.6 Å². The maximum Gasteiger partial charge on any atom is 0.437 e. The van der Waals surface area contributed by atoms with Gasteiger partial charge in [-0.2, -0.15) is 13.2 Å². The molecule has 1 aromatic carbocycles. The normalized spacial score (nSPS) is 12.3. The standard InChI is InChI=1S/C10H8F4N2O2/c11-7-3-1-6(2-4-7)9(10(12,13)14)16-18-5-8(15)17/h1-4H,5H2,(H2,15,17). The zero-order valence-corrected chi connectivity index (χ0v) is 8.87. The molecule has 0 heterocycles. The van der Waals surface area contributed by atoms with Crippen molar-refractivity contribution in [3.8, 4) is 0 Å². The van der Waals surface area contributed by atoms with E-state index in [0.29, 0.717) is 0 Å². The monoisotopic (exact) mass is 264 g/mol. The summed E-state index contributed by atoms with van der Waals surface area (Å²) in [6, 6.07) is 3.50. The summed E-state index contributed by atoms with van der Waals surface area (Å²) in [5, 5.41) is 2.80. The van der Waals surface area contributed by atoms with Gasteiger partial charge in [-0.05, 0) is 24.3 Å². The number of primary amides is 1. The molecule has 1 aromatic rings. The zero-order valence-electron chi connectivity index (χ0n) is 8.87. The van der Waals surface area contributed by atoms with Crippen molar-refractivity contribution in [1.82, 2.24) is 0 Å². The number of alkyl halides is 3. The highest BCUT2D eigenvalue weighted by atomic mass is 19.4. The molecule has 1 amide bonds. The number of oxime groups is 1. The Kier molecular flexibility index (Phi) is 4.24. The highest BCUT2D eigenvalue weighted by Gasteiger charge is 2.37. The summed E-state index contributed by atoms with van der Waals surface area (Å²) in [6.07, 6.45) is -4.80. The van der Waals surface area contributed by atoms with E-state index < -0.39 is 30.2 Å². The first kappa shape index (κ1) is 13.9. The number of hydrogen-bond acceptors (Lipinski definition) is 3. The number of carbonyl (C=O) groups is 1. The summed E-state index contributed by atoms with van der Waals surface area (Å²) in [7, 11) is 0. The van der Waals surface area contributed by atoms with E-state index in [1.807, 2.05) is 0 Å². The molecule has 18 heavy (non-hydrogen) atoms. The van der Waals surface area contributed by atoms with Gasteiger partial charge in [-0.3, -0.25) is 4.79 Å². The quantitative estimate of drug-likeness (QED) is 0.510. The lowest BCUT2D eigenvalue weighted by atomic mass is 10.1. The van der Waals surface area contributed by atoms with Crippen LogP contribution in [0.4, 0.5) is 17.6 Å². The van der Waals surface area contributed by atoms with Crippen LogP contribution in [-0.4, -0.2) is 24.4 Å². The number of nitrogens with two attached hydrogens (primary N) is 1. The molecule has 0 spiro atoms. The highest BCUT2D eigenvalue weighted by Crippen LogP contribution is 2.23. The average Bonchev–Trinajstić information content (AvgIpc) is 2.24. The second-order valence-corrected chi connectivity index (χ2v) is 3.18. The predicted molar refractivity (Wildman–Crippen MR) is 54.1 cm³/mol. The Bertz CT molecular complexity index is 454. The molecule has 0 unspecified atom stereocenters. The van der Waals surface area contributed by atoms with Gasteiger partial charge >= 0.3 is 6.18 Å². The fourth-order valence-corrected chi connectivity index (χ4v) is 1.04. The fourth-order valence-electron chi connectivity index (χ4n) is 1.04. The molecule has 8 heteroatoms. The van der Waals surface area contributed by atoms with Gasteiger partial charge in [0.2, 0.25) is 0 Å². The number of hydrogen-bond donors (Lipinski definition) is 1. The number of nitrogens with zero attached hydrogens (tertiary/aromatic N) is 1. The van der Waals surface area contributed by atoms with Crippen LogP contribution in [0.2, 0.25) is 0 Å². The van der Waals surface area contributed by atoms with E-state index in [1.54, 1.807) is 0 Å². The summed E-state index contributed by atoms with van der Waals surface area (Å²) in [6.45, 7) is -0.777. The van der Waals surface area contributed by atoms with E-state index in [1.165, 1.54) is 0 Å². The van der Waals surface area contributed by atoms with Crippen molar-refractivity contribution in [2.45, 2.75) is 6.18 Å². The van der Waals surface area contributed by atoms with E-state index in [9.17, 15) is 22.4 Å².